The lowest BCUT2D eigenvalue weighted by atomic mass is 10.2. The zero-order chi connectivity index (χ0) is 10.8. The van der Waals surface area contributed by atoms with Gasteiger partial charge in [0.15, 0.2) is 0 Å². The van der Waals surface area contributed by atoms with Crippen LogP contribution in [-0.2, 0) is 11.3 Å². The van der Waals surface area contributed by atoms with Crippen molar-refractivity contribution in [3.8, 4) is 0 Å². The van der Waals surface area contributed by atoms with Gasteiger partial charge in [0.05, 0.1) is 0 Å². The van der Waals surface area contributed by atoms with Gasteiger partial charge < -0.3 is 10.6 Å². The van der Waals surface area contributed by atoms with Crippen molar-refractivity contribution in [3.05, 3.63) is 29.8 Å². The lowest BCUT2D eigenvalue weighted by molar-refractivity contribution is -0.119. The van der Waals surface area contributed by atoms with Gasteiger partial charge in [0.2, 0.25) is 5.91 Å². The van der Waals surface area contributed by atoms with Crippen LogP contribution in [0.1, 0.15) is 18.4 Å². The van der Waals surface area contributed by atoms with E-state index in [1.54, 1.807) is 4.90 Å². The standard InChI is InChI=1S/C12H16N2O/c1-14(12(15)10-5-6-10)11-4-2-3-9(7-11)8-13/h2-4,7,10H,5-6,8,13H2,1H3. The van der Waals surface area contributed by atoms with E-state index in [1.807, 2.05) is 31.3 Å². The molecule has 2 N–H and O–H groups in total. The van der Waals surface area contributed by atoms with Crippen molar-refractivity contribution in [2.45, 2.75) is 19.4 Å². The minimum absolute atomic E-state index is 0.226. The summed E-state index contributed by atoms with van der Waals surface area (Å²) in [5.41, 5.74) is 7.56. The predicted octanol–water partition coefficient (Wildman–Crippen LogP) is 1.52. The van der Waals surface area contributed by atoms with E-state index >= 15 is 0 Å². The molecule has 0 unspecified atom stereocenters. The summed E-state index contributed by atoms with van der Waals surface area (Å²) in [6.45, 7) is 0.513. The first-order valence-electron chi connectivity index (χ1n) is 5.29. The van der Waals surface area contributed by atoms with Gasteiger partial charge in [0.1, 0.15) is 0 Å². The molecule has 0 saturated heterocycles. The third kappa shape index (κ3) is 2.18. The molecular formula is C12H16N2O. The largest absolute Gasteiger partial charge is 0.326 e. The summed E-state index contributed by atoms with van der Waals surface area (Å²) in [6.07, 6.45) is 2.08. The van der Waals surface area contributed by atoms with E-state index in [2.05, 4.69) is 0 Å². The summed E-state index contributed by atoms with van der Waals surface area (Å²) in [5, 5.41) is 0. The Hall–Kier alpha value is -1.35. The average molecular weight is 204 g/mol. The topological polar surface area (TPSA) is 46.3 Å². The van der Waals surface area contributed by atoms with Crippen LogP contribution >= 0.6 is 0 Å². The van der Waals surface area contributed by atoms with Crippen LogP contribution in [0.15, 0.2) is 24.3 Å². The van der Waals surface area contributed by atoms with E-state index in [-0.39, 0.29) is 11.8 Å². The molecule has 1 aromatic rings. The molecule has 0 heterocycles. The number of nitrogens with zero attached hydrogens (tertiary/aromatic N) is 1. The first kappa shape index (κ1) is 10.2. The Balaban J connectivity index is 2.16. The summed E-state index contributed by atoms with van der Waals surface area (Å²) in [4.78, 5) is 13.5. The van der Waals surface area contributed by atoms with E-state index in [9.17, 15) is 4.79 Å². The van der Waals surface area contributed by atoms with Crippen molar-refractivity contribution < 1.29 is 4.79 Å². The molecule has 0 spiro atoms. The van der Waals surface area contributed by atoms with Crippen molar-refractivity contribution in [1.82, 2.24) is 0 Å². The summed E-state index contributed by atoms with van der Waals surface area (Å²) in [7, 11) is 1.83. The van der Waals surface area contributed by atoms with Crippen molar-refractivity contribution in [1.29, 1.82) is 0 Å². The first-order valence-corrected chi connectivity index (χ1v) is 5.29. The molecule has 1 aliphatic rings. The van der Waals surface area contributed by atoms with Crippen LogP contribution in [-0.4, -0.2) is 13.0 Å². The molecule has 0 bridgehead atoms. The fourth-order valence-corrected chi connectivity index (χ4v) is 1.62. The van der Waals surface area contributed by atoms with Crippen LogP contribution in [0.3, 0.4) is 0 Å². The Morgan fingerprint density at radius 1 is 1.53 bits per heavy atom. The maximum absolute atomic E-state index is 11.8. The molecule has 1 fully saturated rings. The number of rotatable bonds is 3. The molecule has 0 radical (unpaired) electrons. The van der Waals surface area contributed by atoms with E-state index in [4.69, 9.17) is 5.73 Å². The van der Waals surface area contributed by atoms with Crippen molar-refractivity contribution >= 4 is 11.6 Å². The van der Waals surface area contributed by atoms with Gasteiger partial charge in [0.25, 0.3) is 0 Å². The lowest BCUT2D eigenvalue weighted by Crippen LogP contribution is -2.27. The van der Waals surface area contributed by atoms with Crippen LogP contribution in [0.5, 0.6) is 0 Å². The van der Waals surface area contributed by atoms with Gasteiger partial charge in [-0.05, 0) is 30.5 Å². The molecule has 15 heavy (non-hydrogen) atoms. The maximum Gasteiger partial charge on any atom is 0.229 e. The Labute approximate surface area is 89.9 Å². The molecule has 3 heteroatoms. The minimum atomic E-state index is 0.226. The molecule has 0 aliphatic heterocycles. The number of carbonyl (C=O) groups is 1. The number of carbonyl (C=O) groups excluding carboxylic acids is 1. The van der Waals surface area contributed by atoms with Crippen LogP contribution in [0.25, 0.3) is 0 Å². The Kier molecular flexibility index (Phi) is 2.73. The highest BCUT2D eigenvalue weighted by molar-refractivity contribution is 5.95. The van der Waals surface area contributed by atoms with Crippen LogP contribution in [0, 0.1) is 5.92 Å². The zero-order valence-electron chi connectivity index (χ0n) is 8.94. The molecular weight excluding hydrogens is 188 g/mol. The van der Waals surface area contributed by atoms with E-state index in [1.165, 1.54) is 0 Å². The highest BCUT2D eigenvalue weighted by atomic mass is 16.2. The number of nitrogens with two attached hydrogens (primary N) is 1. The number of hydrogen-bond donors (Lipinski definition) is 1. The maximum atomic E-state index is 11.8. The second-order valence-corrected chi connectivity index (χ2v) is 4.05. The molecule has 80 valence electrons. The minimum Gasteiger partial charge on any atom is -0.326 e. The fourth-order valence-electron chi connectivity index (χ4n) is 1.62. The Bertz CT molecular complexity index is 372. The zero-order valence-corrected chi connectivity index (χ0v) is 8.94. The number of benzene rings is 1. The lowest BCUT2D eigenvalue weighted by Gasteiger charge is -2.17. The molecule has 0 atom stereocenters. The summed E-state index contributed by atoms with van der Waals surface area (Å²) in [6, 6.07) is 7.83. The molecule has 1 amide bonds. The van der Waals surface area contributed by atoms with Gasteiger partial charge in [0, 0.05) is 25.2 Å². The van der Waals surface area contributed by atoms with Crippen LogP contribution < -0.4 is 10.6 Å². The third-order valence-electron chi connectivity index (χ3n) is 2.79. The van der Waals surface area contributed by atoms with Gasteiger partial charge in [-0.3, -0.25) is 4.79 Å². The average Bonchev–Trinajstić information content (AvgIpc) is 3.11. The normalized spacial score (nSPS) is 15.1. The van der Waals surface area contributed by atoms with Gasteiger partial charge in [-0.1, -0.05) is 12.1 Å². The van der Waals surface area contributed by atoms with E-state index in [0.717, 1.165) is 24.1 Å². The Morgan fingerprint density at radius 3 is 2.87 bits per heavy atom. The molecule has 1 aromatic carbocycles. The summed E-state index contributed by atoms with van der Waals surface area (Å²) >= 11 is 0. The molecule has 1 saturated carbocycles. The number of amides is 1. The number of anilines is 1. The monoisotopic (exact) mass is 204 g/mol. The quantitative estimate of drug-likeness (QED) is 0.811. The third-order valence-corrected chi connectivity index (χ3v) is 2.79. The van der Waals surface area contributed by atoms with Crippen LogP contribution in [0.4, 0.5) is 5.69 Å². The van der Waals surface area contributed by atoms with Gasteiger partial charge in [-0.15, -0.1) is 0 Å². The van der Waals surface area contributed by atoms with Crippen molar-refractivity contribution in [2.24, 2.45) is 11.7 Å². The van der Waals surface area contributed by atoms with Gasteiger partial charge in [-0.2, -0.15) is 0 Å². The van der Waals surface area contributed by atoms with Crippen molar-refractivity contribution in [3.63, 3.8) is 0 Å². The SMILES string of the molecule is CN(C(=O)C1CC1)c1cccc(CN)c1. The fraction of sp³-hybridized carbons (Fsp3) is 0.417. The molecule has 1 aliphatic carbocycles. The highest BCUT2D eigenvalue weighted by Gasteiger charge is 2.32. The smallest absolute Gasteiger partial charge is 0.229 e. The van der Waals surface area contributed by atoms with Gasteiger partial charge >= 0.3 is 0 Å². The predicted molar refractivity (Wildman–Crippen MR) is 60.5 cm³/mol. The number of hydrogen-bond acceptors (Lipinski definition) is 2. The second kappa shape index (κ2) is 4.03. The Morgan fingerprint density at radius 2 is 2.27 bits per heavy atom. The molecule has 3 nitrogen and oxygen atoms in total. The second-order valence-electron chi connectivity index (χ2n) is 4.05. The summed E-state index contributed by atoms with van der Waals surface area (Å²) < 4.78 is 0. The summed E-state index contributed by atoms with van der Waals surface area (Å²) in [5.74, 6) is 0.487. The van der Waals surface area contributed by atoms with Crippen LogP contribution in [0.2, 0.25) is 0 Å². The van der Waals surface area contributed by atoms with Crippen molar-refractivity contribution in [2.75, 3.05) is 11.9 Å². The molecule has 2 rings (SSSR count). The van der Waals surface area contributed by atoms with E-state index in [0.29, 0.717) is 6.54 Å². The first-order chi connectivity index (χ1) is 7.22. The van der Waals surface area contributed by atoms with E-state index < -0.39 is 0 Å². The van der Waals surface area contributed by atoms with Gasteiger partial charge in [-0.25, -0.2) is 0 Å². The molecule has 0 aromatic heterocycles. The highest BCUT2D eigenvalue weighted by Crippen LogP contribution is 2.32.